The Morgan fingerprint density at radius 2 is 2.33 bits per heavy atom. The molecule has 1 N–H and O–H groups in total. The molecule has 1 saturated heterocycles. The maximum atomic E-state index is 11.7. The van der Waals surface area contributed by atoms with E-state index in [-0.39, 0.29) is 22.4 Å². The van der Waals surface area contributed by atoms with Crippen LogP contribution < -0.4 is 0 Å². The van der Waals surface area contributed by atoms with Crippen LogP contribution in [0.3, 0.4) is 0 Å². The van der Waals surface area contributed by atoms with E-state index >= 15 is 0 Å². The van der Waals surface area contributed by atoms with E-state index < -0.39 is 15.8 Å². The second kappa shape index (κ2) is 5.10. The van der Waals surface area contributed by atoms with E-state index in [2.05, 4.69) is 5.10 Å². The van der Waals surface area contributed by atoms with E-state index in [1.165, 1.54) is 11.3 Å². The third kappa shape index (κ3) is 2.57. The Morgan fingerprint density at radius 3 is 2.90 bits per heavy atom. The van der Waals surface area contributed by atoms with E-state index in [9.17, 15) is 13.2 Å². The number of carbonyl (C=O) groups is 1. The summed E-state index contributed by atoms with van der Waals surface area (Å²) >= 11 is 1.17. The molecule has 1 unspecified atom stereocenters. The van der Waals surface area contributed by atoms with Gasteiger partial charge in [0.05, 0.1) is 23.2 Å². The Morgan fingerprint density at radius 1 is 1.57 bits per heavy atom. The number of nitrogens with zero attached hydrogens (tertiary/aromatic N) is 2. The largest absolute Gasteiger partial charge is 0.477 e. The average Bonchev–Trinajstić information content (AvgIpc) is 3.04. The van der Waals surface area contributed by atoms with Gasteiger partial charge in [0.25, 0.3) is 0 Å². The maximum Gasteiger partial charge on any atom is 0.345 e. The van der Waals surface area contributed by atoms with Crippen molar-refractivity contribution in [2.75, 3.05) is 11.5 Å². The maximum absolute atomic E-state index is 11.7. The summed E-state index contributed by atoms with van der Waals surface area (Å²) < 4.78 is 25.1. The number of thiophene rings is 1. The van der Waals surface area contributed by atoms with Crippen molar-refractivity contribution in [1.29, 1.82) is 0 Å². The van der Waals surface area contributed by atoms with Gasteiger partial charge >= 0.3 is 5.97 Å². The predicted molar refractivity (Wildman–Crippen MR) is 80.9 cm³/mol. The summed E-state index contributed by atoms with van der Waals surface area (Å²) in [7, 11) is -3.00. The van der Waals surface area contributed by atoms with Crippen molar-refractivity contribution in [2.45, 2.75) is 32.2 Å². The number of aromatic carboxylic acids is 1. The first-order chi connectivity index (χ1) is 9.91. The minimum Gasteiger partial charge on any atom is -0.477 e. The quantitative estimate of drug-likeness (QED) is 0.928. The number of aromatic nitrogens is 2. The second-order valence-electron chi connectivity index (χ2n) is 5.33. The van der Waals surface area contributed by atoms with Gasteiger partial charge in [0.2, 0.25) is 0 Å². The molecule has 0 spiro atoms. The molecule has 6 nitrogen and oxygen atoms in total. The van der Waals surface area contributed by atoms with Gasteiger partial charge in [-0.1, -0.05) is 13.3 Å². The summed E-state index contributed by atoms with van der Waals surface area (Å²) in [4.78, 5) is 12.2. The fourth-order valence-electron chi connectivity index (χ4n) is 2.73. The van der Waals surface area contributed by atoms with E-state index in [1.54, 1.807) is 10.7 Å². The van der Waals surface area contributed by atoms with Crippen LogP contribution in [0.2, 0.25) is 0 Å². The van der Waals surface area contributed by atoms with Crippen LogP contribution in [0.25, 0.3) is 10.2 Å². The zero-order valence-corrected chi connectivity index (χ0v) is 13.2. The van der Waals surface area contributed by atoms with Crippen molar-refractivity contribution in [1.82, 2.24) is 9.78 Å². The fourth-order valence-corrected chi connectivity index (χ4v) is 5.46. The normalized spacial score (nSPS) is 21.1. The molecule has 8 heteroatoms. The highest BCUT2D eigenvalue weighted by molar-refractivity contribution is 7.91. The zero-order chi connectivity index (χ0) is 15.2. The Labute approximate surface area is 126 Å². The lowest BCUT2D eigenvalue weighted by atomic mass is 10.2. The minimum atomic E-state index is -3.00. The van der Waals surface area contributed by atoms with Gasteiger partial charge in [-0.15, -0.1) is 11.3 Å². The number of carboxylic acids is 1. The highest BCUT2D eigenvalue weighted by atomic mass is 32.2. The number of hydrogen-bond acceptors (Lipinski definition) is 5. The van der Waals surface area contributed by atoms with Crippen molar-refractivity contribution >= 4 is 37.4 Å². The van der Waals surface area contributed by atoms with Gasteiger partial charge < -0.3 is 5.11 Å². The molecule has 1 atom stereocenters. The molecule has 3 heterocycles. The Bertz CT molecular complexity index is 804. The number of carboxylic acid groups (broad SMARTS) is 1. The molecule has 21 heavy (non-hydrogen) atoms. The third-order valence-electron chi connectivity index (χ3n) is 3.71. The molecule has 1 aliphatic rings. The number of aryl methyl sites for hydroxylation is 1. The van der Waals surface area contributed by atoms with Gasteiger partial charge in [-0.2, -0.15) is 5.10 Å². The van der Waals surface area contributed by atoms with Crippen LogP contribution in [-0.2, 0) is 16.3 Å². The van der Waals surface area contributed by atoms with Crippen LogP contribution in [0.5, 0.6) is 0 Å². The molecule has 2 aromatic heterocycles. The molecule has 2 aromatic rings. The minimum absolute atomic E-state index is 0.0929. The topological polar surface area (TPSA) is 89.3 Å². The van der Waals surface area contributed by atoms with Crippen LogP contribution in [0, 0.1) is 0 Å². The Hall–Kier alpha value is -1.41. The SMILES string of the molecule is CCCc1nn(C2CCS(=O)(=O)C2)c2sc(C(=O)O)cc12. The highest BCUT2D eigenvalue weighted by Gasteiger charge is 2.32. The first-order valence-corrected chi connectivity index (χ1v) is 9.49. The lowest BCUT2D eigenvalue weighted by molar-refractivity contribution is 0.0702. The molecule has 0 aliphatic carbocycles. The molecule has 3 rings (SSSR count). The summed E-state index contributed by atoms with van der Waals surface area (Å²) in [5.74, 6) is -0.682. The number of hydrogen-bond donors (Lipinski definition) is 1. The van der Waals surface area contributed by atoms with Gasteiger partial charge in [0, 0.05) is 5.39 Å². The predicted octanol–water partition coefficient (Wildman–Crippen LogP) is 2.11. The summed E-state index contributed by atoms with van der Waals surface area (Å²) in [5, 5.41) is 14.6. The summed E-state index contributed by atoms with van der Waals surface area (Å²) in [6.07, 6.45) is 2.22. The summed E-state index contributed by atoms with van der Waals surface area (Å²) in [6.45, 7) is 2.04. The fraction of sp³-hybridized carbons (Fsp3) is 0.538. The first-order valence-electron chi connectivity index (χ1n) is 6.86. The number of sulfone groups is 1. The molecule has 114 valence electrons. The standard InChI is InChI=1S/C13H16N2O4S2/c1-2-3-10-9-6-11(13(16)17)20-12(9)15(14-10)8-4-5-21(18,19)7-8/h6,8H,2-5,7H2,1H3,(H,16,17). The molecule has 0 amide bonds. The summed E-state index contributed by atoms with van der Waals surface area (Å²) in [5.41, 5.74) is 0.862. The van der Waals surface area contributed by atoms with Crippen LogP contribution in [0.1, 0.15) is 41.2 Å². The van der Waals surface area contributed by atoms with Gasteiger partial charge in [0.1, 0.15) is 9.71 Å². The molecule has 1 aliphatic heterocycles. The van der Waals surface area contributed by atoms with Gasteiger partial charge in [-0.25, -0.2) is 13.2 Å². The first kappa shape index (κ1) is 14.5. The number of fused-ring (bicyclic) bond motifs is 1. The molecule has 0 aromatic carbocycles. The lowest BCUT2D eigenvalue weighted by Gasteiger charge is -2.08. The van der Waals surface area contributed by atoms with E-state index in [0.29, 0.717) is 6.42 Å². The van der Waals surface area contributed by atoms with Gasteiger partial charge in [0.15, 0.2) is 9.84 Å². The van der Waals surface area contributed by atoms with E-state index in [4.69, 9.17) is 5.11 Å². The van der Waals surface area contributed by atoms with Crippen molar-refractivity contribution in [3.8, 4) is 0 Å². The van der Waals surface area contributed by atoms with Crippen molar-refractivity contribution in [3.63, 3.8) is 0 Å². The molecule has 1 fully saturated rings. The van der Waals surface area contributed by atoms with Crippen molar-refractivity contribution in [3.05, 3.63) is 16.6 Å². The van der Waals surface area contributed by atoms with Crippen LogP contribution in [0.4, 0.5) is 0 Å². The van der Waals surface area contributed by atoms with Crippen LogP contribution in [-0.4, -0.2) is 40.8 Å². The lowest BCUT2D eigenvalue weighted by Crippen LogP contribution is -2.12. The third-order valence-corrected chi connectivity index (χ3v) is 6.57. The molecular weight excluding hydrogens is 312 g/mol. The monoisotopic (exact) mass is 328 g/mol. The molecule has 0 saturated carbocycles. The van der Waals surface area contributed by atoms with Crippen LogP contribution in [0.15, 0.2) is 6.07 Å². The molecular formula is C13H16N2O4S2. The second-order valence-corrected chi connectivity index (χ2v) is 8.59. The number of rotatable bonds is 4. The van der Waals surface area contributed by atoms with E-state index in [1.807, 2.05) is 6.92 Å². The van der Waals surface area contributed by atoms with Crippen molar-refractivity contribution in [2.24, 2.45) is 0 Å². The van der Waals surface area contributed by atoms with Gasteiger partial charge in [-0.05, 0) is 18.9 Å². The zero-order valence-electron chi connectivity index (χ0n) is 11.6. The van der Waals surface area contributed by atoms with E-state index in [0.717, 1.165) is 28.8 Å². The molecule has 0 radical (unpaired) electrons. The van der Waals surface area contributed by atoms with Crippen LogP contribution >= 0.6 is 11.3 Å². The Kier molecular flexibility index (Phi) is 3.53. The van der Waals surface area contributed by atoms with Crippen molar-refractivity contribution < 1.29 is 18.3 Å². The van der Waals surface area contributed by atoms with Gasteiger partial charge in [-0.3, -0.25) is 4.68 Å². The molecule has 0 bridgehead atoms. The average molecular weight is 328 g/mol. The summed E-state index contributed by atoms with van der Waals surface area (Å²) in [6, 6.07) is 1.48. The highest BCUT2D eigenvalue weighted by Crippen LogP contribution is 2.34. The Balaban J connectivity index is 2.11. The smallest absolute Gasteiger partial charge is 0.345 e.